The van der Waals surface area contributed by atoms with E-state index in [9.17, 15) is 9.59 Å². The van der Waals surface area contributed by atoms with Crippen molar-refractivity contribution in [1.29, 1.82) is 0 Å². The van der Waals surface area contributed by atoms with Crippen molar-refractivity contribution in [3.8, 4) is 0 Å². The molecule has 2 amide bonds. The van der Waals surface area contributed by atoms with Gasteiger partial charge in [0.25, 0.3) is 5.91 Å². The number of carbonyl (C=O) groups is 2. The van der Waals surface area contributed by atoms with Crippen LogP contribution in [0.5, 0.6) is 0 Å². The molecule has 142 valence electrons. The molecule has 2 aliphatic heterocycles. The number of nitrogens with one attached hydrogen (secondary N) is 1. The molecule has 7 nitrogen and oxygen atoms in total. The zero-order valence-corrected chi connectivity index (χ0v) is 15.6. The second kappa shape index (κ2) is 8.60. The standard InChI is InChI=1S/C19H28N4O3/c1-14-11-23(12-15(2)26-14)18(24)13-22-9-5-17(6-10-22)21-19(25)16-3-7-20-8-4-16/h3-4,7-8,14-15,17H,5-6,9-13H2,1-2H3,(H,21,25). The van der Waals surface area contributed by atoms with Crippen LogP contribution in [0.4, 0.5) is 0 Å². The highest BCUT2D eigenvalue weighted by atomic mass is 16.5. The number of likely N-dealkylation sites (tertiary alicyclic amines) is 1. The van der Waals surface area contributed by atoms with E-state index in [4.69, 9.17) is 4.74 Å². The first-order valence-corrected chi connectivity index (χ1v) is 9.37. The summed E-state index contributed by atoms with van der Waals surface area (Å²) in [4.78, 5) is 32.8. The summed E-state index contributed by atoms with van der Waals surface area (Å²) in [6.07, 6.45) is 5.15. The lowest BCUT2D eigenvalue weighted by Gasteiger charge is -2.37. The number of morpholine rings is 1. The molecule has 1 aromatic rings. The van der Waals surface area contributed by atoms with E-state index in [0.717, 1.165) is 25.9 Å². The smallest absolute Gasteiger partial charge is 0.251 e. The molecule has 1 aromatic heterocycles. The van der Waals surface area contributed by atoms with Crippen LogP contribution in [0.1, 0.15) is 37.0 Å². The topological polar surface area (TPSA) is 74.8 Å². The van der Waals surface area contributed by atoms with Gasteiger partial charge in [-0.05, 0) is 38.8 Å². The fraction of sp³-hybridized carbons (Fsp3) is 0.632. The normalized spacial score (nSPS) is 25.1. The Hall–Kier alpha value is -1.99. The molecule has 2 saturated heterocycles. The number of rotatable bonds is 4. The van der Waals surface area contributed by atoms with E-state index in [2.05, 4.69) is 15.2 Å². The van der Waals surface area contributed by atoms with E-state index in [1.165, 1.54) is 0 Å². The first-order chi connectivity index (χ1) is 12.5. The van der Waals surface area contributed by atoms with Crippen LogP contribution in [0.3, 0.4) is 0 Å². The van der Waals surface area contributed by atoms with Gasteiger partial charge in [0.2, 0.25) is 5.91 Å². The van der Waals surface area contributed by atoms with Gasteiger partial charge < -0.3 is 15.0 Å². The largest absolute Gasteiger partial charge is 0.372 e. The minimum atomic E-state index is -0.0572. The third kappa shape index (κ3) is 5.02. The zero-order valence-electron chi connectivity index (χ0n) is 15.6. The molecule has 2 unspecified atom stereocenters. The highest BCUT2D eigenvalue weighted by molar-refractivity contribution is 5.94. The van der Waals surface area contributed by atoms with Crippen molar-refractivity contribution >= 4 is 11.8 Å². The monoisotopic (exact) mass is 360 g/mol. The molecule has 26 heavy (non-hydrogen) atoms. The van der Waals surface area contributed by atoms with Crippen molar-refractivity contribution in [1.82, 2.24) is 20.1 Å². The van der Waals surface area contributed by atoms with E-state index in [-0.39, 0.29) is 30.1 Å². The summed E-state index contributed by atoms with van der Waals surface area (Å²) in [5, 5.41) is 3.08. The molecule has 0 saturated carbocycles. The summed E-state index contributed by atoms with van der Waals surface area (Å²) in [6.45, 7) is 7.44. The number of ether oxygens (including phenoxy) is 1. The van der Waals surface area contributed by atoms with Gasteiger partial charge in [0.1, 0.15) is 0 Å². The molecule has 2 fully saturated rings. The minimum absolute atomic E-state index is 0.0572. The fourth-order valence-electron chi connectivity index (χ4n) is 3.68. The minimum Gasteiger partial charge on any atom is -0.372 e. The summed E-state index contributed by atoms with van der Waals surface area (Å²) in [6, 6.07) is 3.59. The van der Waals surface area contributed by atoms with Gasteiger partial charge in [0.05, 0.1) is 18.8 Å². The number of amides is 2. The van der Waals surface area contributed by atoms with E-state index >= 15 is 0 Å². The number of nitrogens with zero attached hydrogens (tertiary/aromatic N) is 3. The average molecular weight is 360 g/mol. The van der Waals surface area contributed by atoms with Crippen molar-refractivity contribution in [2.75, 3.05) is 32.7 Å². The quantitative estimate of drug-likeness (QED) is 0.864. The van der Waals surface area contributed by atoms with E-state index in [1.54, 1.807) is 24.5 Å². The summed E-state index contributed by atoms with van der Waals surface area (Å²) in [5.41, 5.74) is 0.633. The van der Waals surface area contributed by atoms with Gasteiger partial charge in [-0.3, -0.25) is 19.5 Å². The second-order valence-corrected chi connectivity index (χ2v) is 7.32. The van der Waals surface area contributed by atoms with Crippen LogP contribution in [0.15, 0.2) is 24.5 Å². The maximum atomic E-state index is 12.6. The molecule has 0 aromatic carbocycles. The molecule has 3 rings (SSSR count). The van der Waals surface area contributed by atoms with Crippen LogP contribution in [-0.4, -0.2) is 77.6 Å². The van der Waals surface area contributed by atoms with Gasteiger partial charge in [0.15, 0.2) is 0 Å². The number of hydrogen-bond acceptors (Lipinski definition) is 5. The predicted molar refractivity (Wildman–Crippen MR) is 97.8 cm³/mol. The molecule has 2 atom stereocenters. The van der Waals surface area contributed by atoms with Crippen LogP contribution < -0.4 is 5.32 Å². The Labute approximate surface area is 154 Å². The van der Waals surface area contributed by atoms with Crippen LogP contribution in [0, 0.1) is 0 Å². The maximum absolute atomic E-state index is 12.6. The molecule has 0 aliphatic carbocycles. The first kappa shape index (κ1) is 18.8. The molecule has 0 bridgehead atoms. The predicted octanol–water partition coefficient (Wildman–Crippen LogP) is 0.912. The van der Waals surface area contributed by atoms with E-state index in [0.29, 0.717) is 25.2 Å². The Morgan fingerprint density at radius 1 is 1.15 bits per heavy atom. The van der Waals surface area contributed by atoms with Crippen LogP contribution >= 0.6 is 0 Å². The zero-order chi connectivity index (χ0) is 18.5. The van der Waals surface area contributed by atoms with Gasteiger partial charge in [-0.25, -0.2) is 0 Å². The van der Waals surface area contributed by atoms with Crippen molar-refractivity contribution in [2.24, 2.45) is 0 Å². The SMILES string of the molecule is CC1CN(C(=O)CN2CCC(NC(=O)c3ccncc3)CC2)CC(C)O1. The lowest BCUT2D eigenvalue weighted by atomic mass is 10.0. The second-order valence-electron chi connectivity index (χ2n) is 7.32. The number of piperidine rings is 1. The first-order valence-electron chi connectivity index (χ1n) is 9.37. The Morgan fingerprint density at radius 3 is 2.38 bits per heavy atom. The molecule has 2 aliphatic rings. The molecule has 1 N–H and O–H groups in total. The Kier molecular flexibility index (Phi) is 6.21. The average Bonchev–Trinajstić information content (AvgIpc) is 2.63. The van der Waals surface area contributed by atoms with Crippen LogP contribution in [0.2, 0.25) is 0 Å². The van der Waals surface area contributed by atoms with Gasteiger partial charge >= 0.3 is 0 Å². The van der Waals surface area contributed by atoms with Gasteiger partial charge in [0, 0.05) is 50.2 Å². The molecule has 0 spiro atoms. The summed E-state index contributed by atoms with van der Waals surface area (Å²) >= 11 is 0. The number of pyridine rings is 1. The van der Waals surface area contributed by atoms with Crippen molar-refractivity contribution in [3.63, 3.8) is 0 Å². The van der Waals surface area contributed by atoms with Crippen molar-refractivity contribution < 1.29 is 14.3 Å². The number of hydrogen-bond donors (Lipinski definition) is 1. The Bertz CT molecular complexity index is 606. The highest BCUT2D eigenvalue weighted by Crippen LogP contribution is 2.14. The van der Waals surface area contributed by atoms with Crippen LogP contribution in [-0.2, 0) is 9.53 Å². The summed E-state index contributed by atoms with van der Waals surface area (Å²) in [5.74, 6) is 0.115. The molecular formula is C19H28N4O3. The third-order valence-corrected chi connectivity index (χ3v) is 5.00. The summed E-state index contributed by atoms with van der Waals surface area (Å²) < 4.78 is 5.69. The number of aromatic nitrogens is 1. The van der Waals surface area contributed by atoms with E-state index < -0.39 is 0 Å². The molecular weight excluding hydrogens is 332 g/mol. The lowest BCUT2D eigenvalue weighted by molar-refractivity contribution is -0.144. The van der Waals surface area contributed by atoms with Gasteiger partial charge in [-0.2, -0.15) is 0 Å². The molecule has 7 heteroatoms. The van der Waals surface area contributed by atoms with Crippen molar-refractivity contribution in [2.45, 2.75) is 44.9 Å². The van der Waals surface area contributed by atoms with Crippen LogP contribution in [0.25, 0.3) is 0 Å². The Morgan fingerprint density at radius 2 is 1.77 bits per heavy atom. The summed E-state index contributed by atoms with van der Waals surface area (Å²) in [7, 11) is 0. The number of carbonyl (C=O) groups excluding carboxylic acids is 2. The van der Waals surface area contributed by atoms with Gasteiger partial charge in [-0.1, -0.05) is 0 Å². The highest BCUT2D eigenvalue weighted by Gasteiger charge is 2.28. The third-order valence-electron chi connectivity index (χ3n) is 5.00. The molecule has 3 heterocycles. The van der Waals surface area contributed by atoms with Gasteiger partial charge in [-0.15, -0.1) is 0 Å². The fourth-order valence-corrected chi connectivity index (χ4v) is 3.68. The van der Waals surface area contributed by atoms with Crippen molar-refractivity contribution in [3.05, 3.63) is 30.1 Å². The van der Waals surface area contributed by atoms with E-state index in [1.807, 2.05) is 18.7 Å². The molecule has 0 radical (unpaired) electrons. The maximum Gasteiger partial charge on any atom is 0.251 e. The lowest BCUT2D eigenvalue weighted by Crippen LogP contribution is -2.52. The Balaban J connectivity index is 1.42.